The molecule has 1 aliphatic rings. The first-order valence-electron chi connectivity index (χ1n) is 7.58. The molecule has 6 heteroatoms. The van der Waals surface area contributed by atoms with E-state index in [0.29, 0.717) is 19.3 Å². The third-order valence-electron chi connectivity index (χ3n) is 4.33. The number of benzene rings is 1. The first-order chi connectivity index (χ1) is 10.7. The molecule has 1 aromatic rings. The van der Waals surface area contributed by atoms with Gasteiger partial charge in [0.25, 0.3) is 0 Å². The van der Waals surface area contributed by atoms with Crippen LogP contribution in [-0.2, 0) is 22.3 Å². The van der Waals surface area contributed by atoms with Crippen molar-refractivity contribution in [2.75, 3.05) is 6.61 Å². The van der Waals surface area contributed by atoms with E-state index in [1.165, 1.54) is 12.1 Å². The van der Waals surface area contributed by atoms with E-state index in [9.17, 15) is 13.2 Å². The Morgan fingerprint density at radius 2 is 2.00 bits per heavy atom. The summed E-state index contributed by atoms with van der Waals surface area (Å²) in [6.07, 6.45) is -2.49. The predicted molar refractivity (Wildman–Crippen MR) is 78.5 cm³/mol. The molecule has 0 bridgehead atoms. The number of nitrogens with zero attached hydrogens (tertiary/aromatic N) is 1. The summed E-state index contributed by atoms with van der Waals surface area (Å²) >= 11 is 0. The minimum Gasteiger partial charge on any atom is -0.374 e. The summed E-state index contributed by atoms with van der Waals surface area (Å²) < 4.78 is 50.2. The van der Waals surface area contributed by atoms with Crippen LogP contribution in [0.1, 0.15) is 44.2 Å². The van der Waals surface area contributed by atoms with Crippen molar-refractivity contribution in [2.24, 2.45) is 0 Å². The molecule has 2 unspecified atom stereocenters. The van der Waals surface area contributed by atoms with Gasteiger partial charge in [-0.3, -0.25) is 0 Å². The summed E-state index contributed by atoms with van der Waals surface area (Å²) in [5.41, 5.74) is -2.02. The minimum absolute atomic E-state index is 0.104. The Labute approximate surface area is 134 Å². The molecule has 1 fully saturated rings. The Morgan fingerprint density at radius 3 is 2.57 bits per heavy atom. The average molecular weight is 327 g/mol. The maximum Gasteiger partial charge on any atom is 0.416 e. The molecule has 0 radical (unpaired) electrons. The molecule has 2 rings (SSSR count). The molecule has 0 spiro atoms. The third-order valence-corrected chi connectivity index (χ3v) is 4.33. The van der Waals surface area contributed by atoms with Gasteiger partial charge >= 0.3 is 6.18 Å². The van der Waals surface area contributed by atoms with E-state index < -0.39 is 22.9 Å². The monoisotopic (exact) mass is 327 g/mol. The van der Waals surface area contributed by atoms with Gasteiger partial charge in [0.15, 0.2) is 5.60 Å². The lowest BCUT2D eigenvalue weighted by atomic mass is 9.96. The van der Waals surface area contributed by atoms with Gasteiger partial charge in [0.05, 0.1) is 30.4 Å². The van der Waals surface area contributed by atoms with Gasteiger partial charge in [-0.1, -0.05) is 25.1 Å². The Hall–Kier alpha value is -1.58. The summed E-state index contributed by atoms with van der Waals surface area (Å²) in [6, 6.07) is 7.52. The molecule has 2 atom stereocenters. The molecular formula is C17H20F3NO2. The number of alkyl halides is 3. The predicted octanol–water partition coefficient (Wildman–Crippen LogP) is 4.46. The van der Waals surface area contributed by atoms with Crippen LogP contribution in [0.5, 0.6) is 0 Å². The van der Waals surface area contributed by atoms with Crippen molar-refractivity contribution in [3.63, 3.8) is 0 Å². The fourth-order valence-electron chi connectivity index (χ4n) is 2.85. The Kier molecular flexibility index (Phi) is 5.02. The van der Waals surface area contributed by atoms with Gasteiger partial charge in [0.1, 0.15) is 0 Å². The summed E-state index contributed by atoms with van der Waals surface area (Å²) in [6.45, 7) is 3.69. The number of halogens is 3. The van der Waals surface area contributed by atoms with Crippen LogP contribution in [0.15, 0.2) is 24.3 Å². The van der Waals surface area contributed by atoms with Crippen molar-refractivity contribution in [3.8, 4) is 6.07 Å². The lowest BCUT2D eigenvalue weighted by molar-refractivity contribution is -0.140. The highest BCUT2D eigenvalue weighted by Crippen LogP contribution is 2.40. The van der Waals surface area contributed by atoms with Crippen molar-refractivity contribution in [1.29, 1.82) is 5.26 Å². The fourth-order valence-corrected chi connectivity index (χ4v) is 2.85. The molecule has 0 amide bonds. The van der Waals surface area contributed by atoms with Crippen molar-refractivity contribution in [1.82, 2.24) is 0 Å². The van der Waals surface area contributed by atoms with E-state index in [1.54, 1.807) is 13.0 Å². The topological polar surface area (TPSA) is 42.2 Å². The van der Waals surface area contributed by atoms with Gasteiger partial charge in [0.2, 0.25) is 0 Å². The van der Waals surface area contributed by atoms with Crippen molar-refractivity contribution in [2.45, 2.75) is 57.1 Å². The molecule has 0 aromatic heterocycles. The highest BCUT2D eigenvalue weighted by Gasteiger charge is 2.46. The van der Waals surface area contributed by atoms with Crippen molar-refractivity contribution >= 4 is 0 Å². The highest BCUT2D eigenvalue weighted by molar-refractivity contribution is 5.29. The van der Waals surface area contributed by atoms with E-state index >= 15 is 0 Å². The van der Waals surface area contributed by atoms with Crippen LogP contribution in [0.25, 0.3) is 0 Å². The van der Waals surface area contributed by atoms with Crippen LogP contribution in [-0.4, -0.2) is 17.8 Å². The number of rotatable bonds is 5. The zero-order valence-corrected chi connectivity index (χ0v) is 13.2. The van der Waals surface area contributed by atoms with Crippen LogP contribution in [0.2, 0.25) is 0 Å². The van der Waals surface area contributed by atoms with Gasteiger partial charge in [-0.05, 0) is 37.8 Å². The van der Waals surface area contributed by atoms with E-state index in [1.807, 2.05) is 6.92 Å². The second-order valence-electron chi connectivity index (χ2n) is 6.13. The van der Waals surface area contributed by atoms with Crippen LogP contribution in [0.4, 0.5) is 13.2 Å². The standard InChI is InChI=1S/C17H20F3NO2/c1-3-16(9-8-15(2,11-21)23-16)12-22-10-13-6-4-5-7-14(13)17(18,19)20/h4-7H,3,8-10,12H2,1-2H3. The van der Waals surface area contributed by atoms with Crippen LogP contribution in [0, 0.1) is 11.3 Å². The van der Waals surface area contributed by atoms with Crippen molar-refractivity contribution < 1.29 is 22.6 Å². The molecule has 1 heterocycles. The van der Waals surface area contributed by atoms with E-state index in [-0.39, 0.29) is 18.8 Å². The van der Waals surface area contributed by atoms with E-state index in [0.717, 1.165) is 6.07 Å². The number of ether oxygens (including phenoxy) is 2. The van der Waals surface area contributed by atoms with Crippen LogP contribution < -0.4 is 0 Å². The summed E-state index contributed by atoms with van der Waals surface area (Å²) in [4.78, 5) is 0. The lowest BCUT2D eigenvalue weighted by Gasteiger charge is -2.29. The molecule has 0 aliphatic carbocycles. The molecule has 1 aromatic carbocycles. The molecular weight excluding hydrogens is 307 g/mol. The number of hydrogen-bond donors (Lipinski definition) is 0. The zero-order chi connectivity index (χ0) is 17.1. The maximum atomic E-state index is 12.9. The van der Waals surface area contributed by atoms with Gasteiger partial charge in [-0.25, -0.2) is 0 Å². The molecule has 1 aliphatic heterocycles. The largest absolute Gasteiger partial charge is 0.416 e. The molecule has 23 heavy (non-hydrogen) atoms. The lowest BCUT2D eigenvalue weighted by Crippen LogP contribution is -2.37. The van der Waals surface area contributed by atoms with E-state index in [4.69, 9.17) is 14.7 Å². The molecule has 126 valence electrons. The Morgan fingerprint density at radius 1 is 1.30 bits per heavy atom. The number of hydrogen-bond acceptors (Lipinski definition) is 3. The smallest absolute Gasteiger partial charge is 0.374 e. The number of nitriles is 1. The van der Waals surface area contributed by atoms with Gasteiger partial charge in [-0.15, -0.1) is 0 Å². The summed E-state index contributed by atoms with van der Waals surface area (Å²) in [7, 11) is 0. The highest BCUT2D eigenvalue weighted by atomic mass is 19.4. The second kappa shape index (κ2) is 6.50. The quantitative estimate of drug-likeness (QED) is 0.801. The maximum absolute atomic E-state index is 12.9. The van der Waals surface area contributed by atoms with Crippen molar-refractivity contribution in [3.05, 3.63) is 35.4 Å². The first kappa shape index (κ1) is 17.8. The summed E-state index contributed by atoms with van der Waals surface area (Å²) in [5, 5.41) is 9.14. The normalized spacial score (nSPS) is 27.8. The first-order valence-corrected chi connectivity index (χ1v) is 7.58. The SMILES string of the molecule is CCC1(COCc2ccccc2C(F)(F)F)CCC(C)(C#N)O1. The average Bonchev–Trinajstić information content (AvgIpc) is 2.86. The zero-order valence-electron chi connectivity index (χ0n) is 13.2. The molecule has 0 saturated carbocycles. The Balaban J connectivity index is 2.02. The third kappa shape index (κ3) is 4.04. The summed E-state index contributed by atoms with van der Waals surface area (Å²) in [5.74, 6) is 0. The van der Waals surface area contributed by atoms with Crippen LogP contribution >= 0.6 is 0 Å². The molecule has 3 nitrogen and oxygen atoms in total. The Bertz CT molecular complexity index is 596. The fraction of sp³-hybridized carbons (Fsp3) is 0.588. The van der Waals surface area contributed by atoms with Gasteiger partial charge < -0.3 is 9.47 Å². The molecule has 1 saturated heterocycles. The van der Waals surface area contributed by atoms with Gasteiger partial charge in [0, 0.05) is 0 Å². The van der Waals surface area contributed by atoms with Gasteiger partial charge in [-0.2, -0.15) is 18.4 Å². The molecule has 0 N–H and O–H groups in total. The minimum atomic E-state index is -4.40. The second-order valence-corrected chi connectivity index (χ2v) is 6.13. The van der Waals surface area contributed by atoms with Crippen LogP contribution in [0.3, 0.4) is 0 Å². The van der Waals surface area contributed by atoms with E-state index in [2.05, 4.69) is 6.07 Å².